The predicted octanol–water partition coefficient (Wildman–Crippen LogP) is 1.81. The Bertz CT molecular complexity index is 980. The van der Waals surface area contributed by atoms with Gasteiger partial charge in [-0.2, -0.15) is 0 Å². The molecular formula is C17H20N4O3. The first-order valence-corrected chi connectivity index (χ1v) is 7.92. The lowest BCUT2D eigenvalue weighted by atomic mass is 10.2. The van der Waals surface area contributed by atoms with E-state index in [0.717, 1.165) is 28.7 Å². The Morgan fingerprint density at radius 3 is 2.50 bits per heavy atom. The highest BCUT2D eigenvalue weighted by atomic mass is 16.5. The van der Waals surface area contributed by atoms with Crippen LogP contribution in [-0.4, -0.2) is 25.7 Å². The molecule has 0 aliphatic rings. The van der Waals surface area contributed by atoms with Gasteiger partial charge in [-0.3, -0.25) is 13.9 Å². The number of hydrogen-bond donors (Lipinski definition) is 1. The summed E-state index contributed by atoms with van der Waals surface area (Å²) in [4.78, 5) is 31.6. The van der Waals surface area contributed by atoms with Crippen LogP contribution in [0, 0.1) is 0 Å². The van der Waals surface area contributed by atoms with Crippen LogP contribution in [-0.2, 0) is 14.1 Å². The Balaban J connectivity index is 1.98. The van der Waals surface area contributed by atoms with Crippen molar-refractivity contribution in [1.29, 1.82) is 0 Å². The van der Waals surface area contributed by atoms with Crippen LogP contribution in [0.4, 0.5) is 0 Å². The van der Waals surface area contributed by atoms with Gasteiger partial charge >= 0.3 is 5.69 Å². The number of unbranched alkanes of at least 4 members (excludes halogenated alkanes) is 1. The molecule has 0 unspecified atom stereocenters. The molecule has 0 aliphatic carbocycles. The Morgan fingerprint density at radius 1 is 1.12 bits per heavy atom. The van der Waals surface area contributed by atoms with Gasteiger partial charge in [0.1, 0.15) is 17.1 Å². The molecular weight excluding hydrogens is 308 g/mol. The first-order valence-electron chi connectivity index (χ1n) is 7.92. The Hall–Kier alpha value is -2.83. The van der Waals surface area contributed by atoms with Crippen LogP contribution in [0.2, 0.25) is 0 Å². The van der Waals surface area contributed by atoms with Crippen LogP contribution in [0.25, 0.3) is 22.6 Å². The van der Waals surface area contributed by atoms with Crippen molar-refractivity contribution < 1.29 is 4.74 Å². The number of nitrogens with zero attached hydrogens (tertiary/aromatic N) is 3. The van der Waals surface area contributed by atoms with Crippen molar-refractivity contribution in [3.63, 3.8) is 0 Å². The zero-order valence-electron chi connectivity index (χ0n) is 14.0. The lowest BCUT2D eigenvalue weighted by molar-refractivity contribution is 0.309. The number of nitrogens with one attached hydrogen (secondary N) is 1. The van der Waals surface area contributed by atoms with Crippen LogP contribution in [0.3, 0.4) is 0 Å². The minimum absolute atomic E-state index is 0.317. The molecule has 0 fully saturated rings. The molecule has 24 heavy (non-hydrogen) atoms. The number of H-pyrrole nitrogens is 1. The second kappa shape index (κ2) is 6.35. The second-order valence-electron chi connectivity index (χ2n) is 5.72. The highest BCUT2D eigenvalue weighted by Gasteiger charge is 2.14. The summed E-state index contributed by atoms with van der Waals surface area (Å²) in [5, 5.41) is 0. The van der Waals surface area contributed by atoms with Gasteiger partial charge in [0.25, 0.3) is 5.56 Å². The Kier molecular flexibility index (Phi) is 4.24. The maximum Gasteiger partial charge on any atom is 0.332 e. The summed E-state index contributed by atoms with van der Waals surface area (Å²) in [6, 6.07) is 7.49. The van der Waals surface area contributed by atoms with E-state index < -0.39 is 5.69 Å². The number of fused-ring (bicyclic) bond motifs is 1. The van der Waals surface area contributed by atoms with Gasteiger partial charge in [-0.25, -0.2) is 9.78 Å². The van der Waals surface area contributed by atoms with E-state index in [1.165, 1.54) is 11.6 Å². The molecule has 2 heterocycles. The fourth-order valence-corrected chi connectivity index (χ4v) is 2.51. The molecule has 126 valence electrons. The molecule has 0 spiro atoms. The van der Waals surface area contributed by atoms with E-state index in [1.54, 1.807) is 7.05 Å². The Labute approximate surface area is 138 Å². The van der Waals surface area contributed by atoms with Crippen molar-refractivity contribution in [3.8, 4) is 17.1 Å². The molecule has 2 aromatic heterocycles. The highest BCUT2D eigenvalue weighted by Crippen LogP contribution is 2.21. The first-order chi connectivity index (χ1) is 11.5. The maximum atomic E-state index is 12.2. The molecule has 0 bridgehead atoms. The van der Waals surface area contributed by atoms with Gasteiger partial charge in [0, 0.05) is 19.7 Å². The summed E-state index contributed by atoms with van der Waals surface area (Å²) in [7, 11) is 3.05. The third-order valence-electron chi connectivity index (χ3n) is 3.99. The lowest BCUT2D eigenvalue weighted by Crippen LogP contribution is -2.36. The number of ether oxygens (including phenoxy) is 1. The molecule has 0 amide bonds. The van der Waals surface area contributed by atoms with Crippen molar-refractivity contribution in [3.05, 3.63) is 45.1 Å². The standard InChI is InChI=1S/C17H20N4O3/c1-4-5-10-24-12-8-6-11(7-9-12)14-18-13-15(19-14)20(2)17(23)21(3)16(13)22/h6-9H,4-5,10H2,1-3H3,(H,18,19). The highest BCUT2D eigenvalue weighted by molar-refractivity contribution is 5.75. The van der Waals surface area contributed by atoms with E-state index >= 15 is 0 Å². The monoisotopic (exact) mass is 328 g/mol. The van der Waals surface area contributed by atoms with E-state index in [0.29, 0.717) is 23.6 Å². The molecule has 3 aromatic rings. The second-order valence-corrected chi connectivity index (χ2v) is 5.72. The van der Waals surface area contributed by atoms with Crippen LogP contribution < -0.4 is 16.0 Å². The summed E-state index contributed by atoms with van der Waals surface area (Å²) in [6.07, 6.45) is 2.10. The summed E-state index contributed by atoms with van der Waals surface area (Å²) in [5.74, 6) is 1.34. The van der Waals surface area contributed by atoms with Gasteiger partial charge in [0.2, 0.25) is 0 Å². The minimum atomic E-state index is -0.398. The van der Waals surface area contributed by atoms with Crippen LogP contribution in [0.1, 0.15) is 19.8 Å². The summed E-state index contributed by atoms with van der Waals surface area (Å²) < 4.78 is 8.06. The molecule has 7 heteroatoms. The fraction of sp³-hybridized carbons (Fsp3) is 0.353. The normalized spacial score (nSPS) is 11.1. The summed E-state index contributed by atoms with van der Waals surface area (Å²) in [6.45, 7) is 2.81. The molecule has 1 aromatic carbocycles. The van der Waals surface area contributed by atoms with Crippen LogP contribution in [0.5, 0.6) is 5.75 Å². The van der Waals surface area contributed by atoms with Crippen molar-refractivity contribution in [2.24, 2.45) is 14.1 Å². The van der Waals surface area contributed by atoms with Gasteiger partial charge in [-0.05, 0) is 30.7 Å². The van der Waals surface area contributed by atoms with E-state index in [2.05, 4.69) is 16.9 Å². The third kappa shape index (κ3) is 2.73. The van der Waals surface area contributed by atoms with Gasteiger partial charge in [0.05, 0.1) is 6.61 Å². The zero-order valence-corrected chi connectivity index (χ0v) is 14.0. The molecule has 0 atom stereocenters. The maximum absolute atomic E-state index is 12.2. The van der Waals surface area contributed by atoms with Crippen molar-refractivity contribution >= 4 is 11.2 Å². The molecule has 0 radical (unpaired) electrons. The molecule has 1 N–H and O–H groups in total. The summed E-state index contributed by atoms with van der Waals surface area (Å²) in [5.41, 5.74) is 0.708. The SMILES string of the molecule is CCCCOc1ccc(-c2nc3c([nH]2)c(=O)n(C)c(=O)n3C)cc1. The minimum Gasteiger partial charge on any atom is -0.494 e. The van der Waals surface area contributed by atoms with E-state index in [-0.39, 0.29) is 5.56 Å². The quantitative estimate of drug-likeness (QED) is 0.724. The number of aromatic amines is 1. The third-order valence-corrected chi connectivity index (χ3v) is 3.99. The number of hydrogen-bond acceptors (Lipinski definition) is 4. The van der Waals surface area contributed by atoms with Gasteiger partial charge < -0.3 is 9.72 Å². The smallest absolute Gasteiger partial charge is 0.332 e. The average Bonchev–Trinajstić information content (AvgIpc) is 3.04. The van der Waals surface area contributed by atoms with Crippen molar-refractivity contribution in [1.82, 2.24) is 19.1 Å². The lowest BCUT2D eigenvalue weighted by Gasteiger charge is -2.05. The number of aromatic nitrogens is 4. The van der Waals surface area contributed by atoms with Crippen LogP contribution >= 0.6 is 0 Å². The van der Waals surface area contributed by atoms with E-state index in [1.807, 2.05) is 24.3 Å². The Morgan fingerprint density at radius 2 is 1.83 bits per heavy atom. The topological polar surface area (TPSA) is 81.9 Å². The van der Waals surface area contributed by atoms with Crippen molar-refractivity contribution in [2.75, 3.05) is 6.61 Å². The van der Waals surface area contributed by atoms with Gasteiger partial charge in [-0.1, -0.05) is 13.3 Å². The van der Waals surface area contributed by atoms with E-state index in [9.17, 15) is 9.59 Å². The average molecular weight is 328 g/mol. The number of imidazole rings is 1. The van der Waals surface area contributed by atoms with Gasteiger partial charge in [0.15, 0.2) is 5.65 Å². The molecule has 3 rings (SSSR count). The zero-order chi connectivity index (χ0) is 17.3. The molecule has 0 aliphatic heterocycles. The molecule has 0 saturated heterocycles. The predicted molar refractivity (Wildman–Crippen MR) is 92.4 cm³/mol. The largest absolute Gasteiger partial charge is 0.494 e. The van der Waals surface area contributed by atoms with Crippen molar-refractivity contribution in [2.45, 2.75) is 19.8 Å². The first kappa shape index (κ1) is 16.0. The number of rotatable bonds is 5. The number of aryl methyl sites for hydroxylation is 1. The van der Waals surface area contributed by atoms with E-state index in [4.69, 9.17) is 4.74 Å². The molecule has 7 nitrogen and oxygen atoms in total. The summed E-state index contributed by atoms with van der Waals surface area (Å²) >= 11 is 0. The molecule has 0 saturated carbocycles. The van der Waals surface area contributed by atoms with Crippen LogP contribution in [0.15, 0.2) is 33.9 Å². The number of benzene rings is 1. The van der Waals surface area contributed by atoms with Gasteiger partial charge in [-0.15, -0.1) is 0 Å². The fourth-order valence-electron chi connectivity index (χ4n) is 2.51.